The molecule has 0 aliphatic carbocycles. The molecule has 0 amide bonds. The zero-order valence-electron chi connectivity index (χ0n) is 7.06. The van der Waals surface area contributed by atoms with Gasteiger partial charge in [-0.2, -0.15) is 0 Å². The summed E-state index contributed by atoms with van der Waals surface area (Å²) in [5.41, 5.74) is 6.60. The van der Waals surface area contributed by atoms with Crippen molar-refractivity contribution in [3.63, 3.8) is 0 Å². The van der Waals surface area contributed by atoms with Crippen LogP contribution >= 0.6 is 11.8 Å². The molecule has 13 heavy (non-hydrogen) atoms. The van der Waals surface area contributed by atoms with Crippen LogP contribution in [0.2, 0.25) is 0 Å². The number of hydrogen-bond acceptors (Lipinski definition) is 4. The zero-order valence-corrected chi connectivity index (χ0v) is 7.88. The Kier molecular flexibility index (Phi) is 3.79. The molecule has 4 heteroatoms. The molecule has 0 bridgehead atoms. The zero-order chi connectivity index (χ0) is 9.68. The average molecular weight is 197 g/mol. The molecule has 1 rings (SSSR count). The number of aliphatic hydroxyl groups is 1. The molecule has 0 saturated carbocycles. The van der Waals surface area contributed by atoms with Gasteiger partial charge < -0.3 is 10.8 Å². The Bertz CT molecular complexity index is 301. The van der Waals surface area contributed by atoms with Crippen LogP contribution in [0.3, 0.4) is 0 Å². The number of thioether (sulfide) groups is 1. The van der Waals surface area contributed by atoms with Crippen molar-refractivity contribution in [2.45, 2.75) is 0 Å². The number of para-hydroxylation sites is 1. The van der Waals surface area contributed by atoms with Crippen molar-refractivity contribution in [2.24, 2.45) is 0 Å². The third-order valence-corrected chi connectivity index (χ3v) is 2.37. The minimum Gasteiger partial charge on any atom is -0.398 e. The van der Waals surface area contributed by atoms with Crippen LogP contribution in [0.5, 0.6) is 0 Å². The maximum Gasteiger partial charge on any atom is 0.221 e. The highest BCUT2D eigenvalue weighted by Gasteiger charge is 2.08. The maximum absolute atomic E-state index is 11.4. The van der Waals surface area contributed by atoms with E-state index in [1.165, 1.54) is 0 Å². The van der Waals surface area contributed by atoms with E-state index in [9.17, 15) is 4.79 Å². The van der Waals surface area contributed by atoms with E-state index in [4.69, 9.17) is 10.8 Å². The minimum absolute atomic E-state index is 0.00312. The molecule has 0 heterocycles. The molecule has 0 unspecified atom stereocenters. The van der Waals surface area contributed by atoms with Crippen molar-refractivity contribution in [3.05, 3.63) is 29.8 Å². The predicted octanol–water partition coefficient (Wildman–Crippen LogP) is 1.13. The largest absolute Gasteiger partial charge is 0.398 e. The molecule has 0 atom stereocenters. The summed E-state index contributed by atoms with van der Waals surface area (Å²) >= 11 is 1.07. The van der Waals surface area contributed by atoms with Gasteiger partial charge in [0.15, 0.2) is 0 Å². The Labute approximate surface area is 80.9 Å². The molecular weight excluding hydrogens is 186 g/mol. The first kappa shape index (κ1) is 10.1. The van der Waals surface area contributed by atoms with Gasteiger partial charge in [-0.1, -0.05) is 23.9 Å². The summed E-state index contributed by atoms with van der Waals surface area (Å²) in [6.45, 7) is 0.00312. The number of hydrogen-bond donors (Lipinski definition) is 2. The molecule has 3 nitrogen and oxygen atoms in total. The quantitative estimate of drug-likeness (QED) is 0.713. The van der Waals surface area contributed by atoms with E-state index in [2.05, 4.69) is 0 Å². The first-order valence-corrected chi connectivity index (χ1v) is 4.86. The molecule has 1 aromatic rings. The Morgan fingerprint density at radius 1 is 1.46 bits per heavy atom. The van der Waals surface area contributed by atoms with Crippen molar-refractivity contribution in [2.75, 3.05) is 18.1 Å². The van der Waals surface area contributed by atoms with Crippen LogP contribution in [0.25, 0.3) is 0 Å². The van der Waals surface area contributed by atoms with E-state index in [1.807, 2.05) is 0 Å². The topological polar surface area (TPSA) is 63.3 Å². The molecule has 0 aromatic heterocycles. The molecule has 3 N–H and O–H groups in total. The fourth-order valence-corrected chi connectivity index (χ4v) is 1.52. The Balaban J connectivity index is 2.71. The summed E-state index contributed by atoms with van der Waals surface area (Å²) in [5, 5.41) is 8.44. The Morgan fingerprint density at radius 2 is 2.15 bits per heavy atom. The molecule has 0 spiro atoms. The summed E-state index contributed by atoms with van der Waals surface area (Å²) in [7, 11) is 0. The standard InChI is InChI=1S/C9H11NO2S/c10-8-4-2-1-3-7(8)9(12)13-6-5-11/h1-4,11H,5-6,10H2. The lowest BCUT2D eigenvalue weighted by Crippen LogP contribution is -2.01. The molecule has 0 aliphatic heterocycles. The van der Waals surface area contributed by atoms with E-state index in [-0.39, 0.29) is 11.7 Å². The number of nitrogen functional groups attached to an aromatic ring is 1. The minimum atomic E-state index is -0.0906. The van der Waals surface area contributed by atoms with Gasteiger partial charge in [-0.15, -0.1) is 0 Å². The number of aliphatic hydroxyl groups excluding tert-OH is 1. The lowest BCUT2D eigenvalue weighted by molar-refractivity contribution is 0.108. The van der Waals surface area contributed by atoms with Gasteiger partial charge in [-0.05, 0) is 12.1 Å². The van der Waals surface area contributed by atoms with Crippen molar-refractivity contribution in [3.8, 4) is 0 Å². The predicted molar refractivity (Wildman–Crippen MR) is 54.7 cm³/mol. The van der Waals surface area contributed by atoms with Crippen LogP contribution in [-0.2, 0) is 0 Å². The van der Waals surface area contributed by atoms with Gasteiger partial charge in [-0.3, -0.25) is 4.79 Å². The second-order valence-corrected chi connectivity index (χ2v) is 3.51. The molecule has 0 aliphatic rings. The fourth-order valence-electron chi connectivity index (χ4n) is 0.899. The van der Waals surface area contributed by atoms with Crippen LogP contribution < -0.4 is 5.73 Å². The SMILES string of the molecule is Nc1ccccc1C(=O)SCCO. The summed E-state index contributed by atoms with van der Waals surface area (Å²) in [6.07, 6.45) is 0. The molecular formula is C9H11NO2S. The summed E-state index contributed by atoms with van der Waals surface area (Å²) in [6, 6.07) is 6.92. The number of nitrogens with two attached hydrogens (primary N) is 1. The number of carbonyl (C=O) groups excluding carboxylic acids is 1. The maximum atomic E-state index is 11.4. The van der Waals surface area contributed by atoms with Crippen LogP contribution in [-0.4, -0.2) is 22.6 Å². The van der Waals surface area contributed by atoms with Crippen LogP contribution in [0.4, 0.5) is 5.69 Å². The molecule has 0 radical (unpaired) electrons. The van der Waals surface area contributed by atoms with E-state index in [1.54, 1.807) is 24.3 Å². The summed E-state index contributed by atoms with van der Waals surface area (Å²) in [5.74, 6) is 0.410. The van der Waals surface area contributed by atoms with E-state index < -0.39 is 0 Å². The van der Waals surface area contributed by atoms with Gasteiger partial charge in [0.25, 0.3) is 0 Å². The lowest BCUT2D eigenvalue weighted by Gasteiger charge is -2.02. The molecule has 0 fully saturated rings. The van der Waals surface area contributed by atoms with Gasteiger partial charge in [0.05, 0.1) is 12.2 Å². The first-order valence-electron chi connectivity index (χ1n) is 3.88. The van der Waals surface area contributed by atoms with Gasteiger partial charge >= 0.3 is 0 Å². The van der Waals surface area contributed by atoms with Crippen molar-refractivity contribution >= 4 is 22.6 Å². The highest BCUT2D eigenvalue weighted by Crippen LogP contribution is 2.17. The number of benzene rings is 1. The summed E-state index contributed by atoms with van der Waals surface area (Å²) < 4.78 is 0. The number of anilines is 1. The van der Waals surface area contributed by atoms with Crippen molar-refractivity contribution in [1.29, 1.82) is 0 Å². The molecule has 70 valence electrons. The van der Waals surface area contributed by atoms with Crippen molar-refractivity contribution in [1.82, 2.24) is 0 Å². The number of carbonyl (C=O) groups is 1. The molecule has 1 aromatic carbocycles. The van der Waals surface area contributed by atoms with Crippen LogP contribution in [0.15, 0.2) is 24.3 Å². The second kappa shape index (κ2) is 4.89. The second-order valence-electron chi connectivity index (χ2n) is 2.45. The normalized spacial score (nSPS) is 9.92. The third kappa shape index (κ3) is 2.75. The first-order chi connectivity index (χ1) is 6.25. The lowest BCUT2D eigenvalue weighted by atomic mass is 10.2. The van der Waals surface area contributed by atoms with Gasteiger partial charge in [0.1, 0.15) is 0 Å². The van der Waals surface area contributed by atoms with E-state index >= 15 is 0 Å². The Hall–Kier alpha value is -1.00. The number of rotatable bonds is 3. The van der Waals surface area contributed by atoms with Gasteiger partial charge in [0.2, 0.25) is 5.12 Å². The van der Waals surface area contributed by atoms with E-state index in [0.717, 1.165) is 11.8 Å². The van der Waals surface area contributed by atoms with Crippen molar-refractivity contribution < 1.29 is 9.90 Å². The van der Waals surface area contributed by atoms with Crippen LogP contribution in [0.1, 0.15) is 10.4 Å². The monoisotopic (exact) mass is 197 g/mol. The Morgan fingerprint density at radius 3 is 2.77 bits per heavy atom. The fraction of sp³-hybridized carbons (Fsp3) is 0.222. The highest BCUT2D eigenvalue weighted by atomic mass is 32.2. The molecule has 0 saturated heterocycles. The van der Waals surface area contributed by atoms with Gasteiger partial charge in [0, 0.05) is 11.4 Å². The highest BCUT2D eigenvalue weighted by molar-refractivity contribution is 8.14. The smallest absolute Gasteiger partial charge is 0.221 e. The third-order valence-electron chi connectivity index (χ3n) is 1.51. The van der Waals surface area contributed by atoms with Crippen LogP contribution in [0, 0.1) is 0 Å². The van der Waals surface area contributed by atoms with E-state index in [0.29, 0.717) is 17.0 Å². The summed E-state index contributed by atoms with van der Waals surface area (Å²) in [4.78, 5) is 11.4. The average Bonchev–Trinajstić information content (AvgIpc) is 2.15. The van der Waals surface area contributed by atoms with Gasteiger partial charge in [-0.25, -0.2) is 0 Å².